The van der Waals surface area contributed by atoms with Crippen LogP contribution in [0.4, 0.5) is 0 Å². The lowest BCUT2D eigenvalue weighted by Gasteiger charge is -2.04. The number of carbonyl (C=O) groups excluding carboxylic acids is 1. The minimum Gasteiger partial charge on any atom is -1.00 e. The van der Waals surface area contributed by atoms with E-state index in [4.69, 9.17) is 4.74 Å². The van der Waals surface area contributed by atoms with Gasteiger partial charge >= 0.3 is 0 Å². The number of methoxy groups -OCH3 is 1. The number of aromatic amines is 1. The number of H-pyrrole nitrogens is 1. The fourth-order valence-corrected chi connectivity index (χ4v) is 1.57. The molecule has 0 aliphatic carbocycles. The fraction of sp³-hybridized carbons (Fsp3) is 0.0714. The molecule has 1 aromatic heterocycles. The van der Waals surface area contributed by atoms with E-state index in [0.717, 1.165) is 0 Å². The van der Waals surface area contributed by atoms with Gasteiger partial charge < -0.3 is 27.7 Å². The Labute approximate surface area is 133 Å². The Morgan fingerprint density at radius 3 is 2.64 bits per heavy atom. The predicted octanol–water partition coefficient (Wildman–Crippen LogP) is -2.84. The van der Waals surface area contributed by atoms with Gasteiger partial charge in [-0.2, -0.15) is 5.10 Å². The molecule has 1 heterocycles. The van der Waals surface area contributed by atoms with Crippen molar-refractivity contribution >= 4 is 12.1 Å². The highest BCUT2D eigenvalue weighted by Crippen LogP contribution is 2.27. The molecule has 0 aliphatic rings. The number of rotatable bonds is 4. The maximum Gasteiger partial charge on any atom is 0.271 e. The second kappa shape index (κ2) is 9.32. The summed E-state index contributed by atoms with van der Waals surface area (Å²) in [7, 11) is 1.46. The second-order valence-electron chi connectivity index (χ2n) is 3.89. The Bertz CT molecular complexity index is 635. The van der Waals surface area contributed by atoms with Crippen molar-refractivity contribution in [3.05, 3.63) is 53.9 Å². The molecule has 0 saturated heterocycles. The lowest BCUT2D eigenvalue weighted by molar-refractivity contribution is -0.378. The molecule has 118 valence electrons. The van der Waals surface area contributed by atoms with Gasteiger partial charge in [-0.3, -0.25) is 4.79 Å². The molecule has 1 aromatic carbocycles. The molecule has 5 N–H and O–H groups in total. The number of amides is 1. The van der Waals surface area contributed by atoms with E-state index in [1.807, 2.05) is 0 Å². The highest BCUT2D eigenvalue weighted by atomic mass is 35.5. The van der Waals surface area contributed by atoms with Crippen LogP contribution in [0.15, 0.2) is 47.8 Å². The van der Waals surface area contributed by atoms with Gasteiger partial charge in [0, 0.05) is 17.7 Å². The summed E-state index contributed by atoms with van der Waals surface area (Å²) in [6.45, 7) is 0. The first-order valence-electron chi connectivity index (χ1n) is 5.88. The SMILES string of the molecule is COc1cccc(/C=N/NC(=O)c2cc[nH+]cc2)c1O.O.[Cl-]. The number of hydrogen-bond acceptors (Lipinski definition) is 4. The lowest BCUT2D eigenvalue weighted by Crippen LogP contribution is -3.00. The van der Waals surface area contributed by atoms with Gasteiger partial charge in [-0.1, -0.05) is 6.07 Å². The van der Waals surface area contributed by atoms with E-state index in [0.29, 0.717) is 16.9 Å². The van der Waals surface area contributed by atoms with Gasteiger partial charge in [0.1, 0.15) is 0 Å². The molecule has 0 aliphatic heterocycles. The van der Waals surface area contributed by atoms with Crippen LogP contribution in [0.25, 0.3) is 0 Å². The van der Waals surface area contributed by atoms with Crippen LogP contribution in [0.1, 0.15) is 15.9 Å². The molecule has 0 saturated carbocycles. The van der Waals surface area contributed by atoms with Crippen molar-refractivity contribution in [2.24, 2.45) is 5.10 Å². The number of phenolic OH excluding ortho intramolecular Hbond substituents is 1. The van der Waals surface area contributed by atoms with Crippen molar-refractivity contribution < 1.29 is 37.5 Å². The summed E-state index contributed by atoms with van der Waals surface area (Å²) in [5.74, 6) is -0.0150. The Balaban J connectivity index is 0.00000220. The van der Waals surface area contributed by atoms with Gasteiger partial charge in [-0.25, -0.2) is 10.4 Å². The Morgan fingerprint density at radius 1 is 1.32 bits per heavy atom. The molecule has 7 nitrogen and oxygen atoms in total. The summed E-state index contributed by atoms with van der Waals surface area (Å²) in [4.78, 5) is 14.5. The monoisotopic (exact) mass is 325 g/mol. The molecule has 8 heteroatoms. The van der Waals surface area contributed by atoms with E-state index >= 15 is 0 Å². The smallest absolute Gasteiger partial charge is 0.271 e. The maximum absolute atomic E-state index is 11.7. The van der Waals surface area contributed by atoms with Crippen molar-refractivity contribution in [2.45, 2.75) is 0 Å². The highest BCUT2D eigenvalue weighted by molar-refractivity contribution is 5.94. The molecular weight excluding hydrogens is 310 g/mol. The molecule has 0 unspecified atom stereocenters. The third-order valence-corrected chi connectivity index (χ3v) is 2.60. The molecule has 0 atom stereocenters. The van der Waals surface area contributed by atoms with Crippen LogP contribution in [0.3, 0.4) is 0 Å². The minimum absolute atomic E-state index is 0. The van der Waals surface area contributed by atoms with Gasteiger partial charge in [0.2, 0.25) is 0 Å². The number of carbonyl (C=O) groups is 1. The highest BCUT2D eigenvalue weighted by Gasteiger charge is 2.06. The number of aromatic nitrogens is 1. The molecule has 0 bridgehead atoms. The standard InChI is InChI=1S/C14H13N3O3.ClH.H2O/c1-20-12-4-2-3-11(13(12)18)9-16-17-14(19)10-5-7-15-8-6-10;;/h2-9,18H,1H3,(H,17,19);1H;1H2/b16-9+;;. The number of halogens is 1. The van der Waals surface area contributed by atoms with E-state index in [-0.39, 0.29) is 29.5 Å². The minimum atomic E-state index is -0.336. The number of benzene rings is 1. The number of pyridine rings is 1. The van der Waals surface area contributed by atoms with Crippen molar-refractivity contribution in [3.63, 3.8) is 0 Å². The zero-order valence-corrected chi connectivity index (χ0v) is 12.5. The number of hydrazone groups is 1. The Hall–Kier alpha value is -2.64. The van der Waals surface area contributed by atoms with E-state index in [9.17, 15) is 9.90 Å². The summed E-state index contributed by atoms with van der Waals surface area (Å²) >= 11 is 0. The molecule has 2 rings (SSSR count). The van der Waals surface area contributed by atoms with E-state index in [1.165, 1.54) is 13.3 Å². The lowest BCUT2D eigenvalue weighted by atomic mass is 10.2. The molecule has 1 amide bonds. The average molecular weight is 326 g/mol. The number of hydrogen-bond donors (Lipinski definition) is 2. The normalized spacial score (nSPS) is 9.50. The Kier molecular flexibility index (Phi) is 8.21. The zero-order valence-electron chi connectivity index (χ0n) is 11.7. The third-order valence-electron chi connectivity index (χ3n) is 2.60. The van der Waals surface area contributed by atoms with Crippen molar-refractivity contribution in [3.8, 4) is 11.5 Å². The number of para-hydroxylation sites is 1. The first kappa shape index (κ1) is 19.4. The molecule has 0 fully saturated rings. The van der Waals surface area contributed by atoms with Crippen LogP contribution in [0, 0.1) is 0 Å². The average Bonchev–Trinajstić information content (AvgIpc) is 2.49. The Morgan fingerprint density at radius 2 is 2.00 bits per heavy atom. The van der Waals surface area contributed by atoms with Gasteiger partial charge in [0.15, 0.2) is 23.9 Å². The van der Waals surface area contributed by atoms with Crippen LogP contribution in [-0.4, -0.2) is 29.8 Å². The number of nitrogens with one attached hydrogen (secondary N) is 2. The summed E-state index contributed by atoms with van der Waals surface area (Å²) in [5, 5.41) is 13.6. The molecule has 22 heavy (non-hydrogen) atoms. The summed E-state index contributed by atoms with van der Waals surface area (Å²) in [5.41, 5.74) is 3.31. The van der Waals surface area contributed by atoms with E-state index < -0.39 is 0 Å². The quantitative estimate of drug-likeness (QED) is 0.466. The van der Waals surface area contributed by atoms with Crippen LogP contribution in [-0.2, 0) is 0 Å². The molecule has 0 radical (unpaired) electrons. The van der Waals surface area contributed by atoms with Gasteiger partial charge in [-0.05, 0) is 12.1 Å². The van der Waals surface area contributed by atoms with Gasteiger partial charge in [-0.15, -0.1) is 0 Å². The number of aromatic hydroxyl groups is 1. The molecular formula is C14H16ClN3O4. The third kappa shape index (κ3) is 4.72. The van der Waals surface area contributed by atoms with Crippen LogP contribution < -0.4 is 27.6 Å². The fourth-order valence-electron chi connectivity index (χ4n) is 1.57. The summed E-state index contributed by atoms with van der Waals surface area (Å²) in [6.07, 6.45) is 4.64. The topological polar surface area (TPSA) is 117 Å². The number of phenols is 1. The first-order chi connectivity index (χ1) is 9.72. The summed E-state index contributed by atoms with van der Waals surface area (Å²) in [6, 6.07) is 8.27. The molecule has 2 aromatic rings. The number of ether oxygens (including phenoxy) is 1. The second-order valence-corrected chi connectivity index (χ2v) is 3.89. The van der Waals surface area contributed by atoms with Crippen molar-refractivity contribution in [1.82, 2.24) is 5.43 Å². The number of nitrogens with zero attached hydrogens (tertiary/aromatic N) is 1. The van der Waals surface area contributed by atoms with Crippen molar-refractivity contribution in [2.75, 3.05) is 7.11 Å². The maximum atomic E-state index is 11.7. The van der Waals surface area contributed by atoms with Gasteiger partial charge in [0.05, 0.1) is 18.9 Å². The first-order valence-corrected chi connectivity index (χ1v) is 5.88. The van der Waals surface area contributed by atoms with Crippen molar-refractivity contribution in [1.29, 1.82) is 0 Å². The predicted molar refractivity (Wildman–Crippen MR) is 76.3 cm³/mol. The van der Waals surface area contributed by atoms with Crippen LogP contribution >= 0.6 is 0 Å². The largest absolute Gasteiger partial charge is 1.00 e. The van der Waals surface area contributed by atoms with E-state index in [2.05, 4.69) is 15.5 Å². The summed E-state index contributed by atoms with van der Waals surface area (Å²) < 4.78 is 4.98. The van der Waals surface area contributed by atoms with Gasteiger partial charge in [0.25, 0.3) is 5.91 Å². The van der Waals surface area contributed by atoms with Crippen LogP contribution in [0.5, 0.6) is 11.5 Å². The van der Waals surface area contributed by atoms with E-state index in [1.54, 1.807) is 42.7 Å². The zero-order chi connectivity index (χ0) is 14.4. The van der Waals surface area contributed by atoms with Crippen LogP contribution in [0.2, 0.25) is 0 Å². The molecule has 0 spiro atoms.